The molecule has 1 unspecified atom stereocenters. The summed E-state index contributed by atoms with van der Waals surface area (Å²) in [4.78, 5) is 0. The van der Waals surface area contributed by atoms with E-state index < -0.39 is 6.10 Å². The molecule has 2 heteroatoms. The fourth-order valence-corrected chi connectivity index (χ4v) is 2.75. The summed E-state index contributed by atoms with van der Waals surface area (Å²) >= 11 is 0. The number of halogens is 1. The van der Waals surface area contributed by atoms with Crippen molar-refractivity contribution in [2.75, 3.05) is 0 Å². The molecule has 0 aromatic heterocycles. The zero-order valence-corrected chi connectivity index (χ0v) is 11.4. The van der Waals surface area contributed by atoms with E-state index in [2.05, 4.69) is 12.1 Å². The molecule has 1 nitrogen and oxygen atoms in total. The van der Waals surface area contributed by atoms with Crippen LogP contribution in [0.4, 0.5) is 4.39 Å². The molecule has 0 aliphatic heterocycles. The lowest BCUT2D eigenvalue weighted by molar-refractivity contribution is 0.177. The third kappa shape index (κ3) is 2.75. The number of benzene rings is 2. The topological polar surface area (TPSA) is 20.2 Å². The largest absolute Gasteiger partial charge is 0.388 e. The number of rotatable bonds is 4. The van der Waals surface area contributed by atoms with Crippen molar-refractivity contribution >= 4 is 0 Å². The average molecular weight is 270 g/mol. The summed E-state index contributed by atoms with van der Waals surface area (Å²) in [6.45, 7) is 0. The van der Waals surface area contributed by atoms with Crippen LogP contribution in [-0.2, 0) is 6.42 Å². The van der Waals surface area contributed by atoms with Crippen molar-refractivity contribution in [3.8, 4) is 0 Å². The molecule has 1 aliphatic rings. The summed E-state index contributed by atoms with van der Waals surface area (Å²) in [5, 5.41) is 10.3. The Kier molecular flexibility index (Phi) is 3.83. The summed E-state index contributed by atoms with van der Waals surface area (Å²) in [5.41, 5.74) is 2.76. The van der Waals surface area contributed by atoms with Gasteiger partial charge in [-0.2, -0.15) is 0 Å². The highest BCUT2D eigenvalue weighted by Crippen LogP contribution is 2.37. The van der Waals surface area contributed by atoms with E-state index in [0.29, 0.717) is 17.9 Å². The van der Waals surface area contributed by atoms with E-state index in [1.54, 1.807) is 18.2 Å². The van der Waals surface area contributed by atoms with Crippen molar-refractivity contribution in [3.05, 3.63) is 71.0 Å². The molecular weight excluding hydrogens is 251 g/mol. The van der Waals surface area contributed by atoms with Gasteiger partial charge in [0.25, 0.3) is 0 Å². The van der Waals surface area contributed by atoms with Crippen LogP contribution in [-0.4, -0.2) is 5.11 Å². The summed E-state index contributed by atoms with van der Waals surface area (Å²) in [6, 6.07) is 14.8. The van der Waals surface area contributed by atoms with E-state index in [9.17, 15) is 9.50 Å². The van der Waals surface area contributed by atoms with Crippen molar-refractivity contribution in [2.24, 2.45) is 0 Å². The minimum atomic E-state index is -0.646. The summed E-state index contributed by atoms with van der Waals surface area (Å²) < 4.78 is 13.6. The Balaban J connectivity index is 1.76. The number of hydrogen-bond acceptors (Lipinski definition) is 1. The van der Waals surface area contributed by atoms with E-state index in [1.165, 1.54) is 30.9 Å². The number of hydrogen-bond donors (Lipinski definition) is 1. The third-order valence-electron chi connectivity index (χ3n) is 4.24. The fraction of sp³-hybridized carbons (Fsp3) is 0.333. The molecule has 0 heterocycles. The normalized spacial score (nSPS) is 16.7. The molecule has 1 N–H and O–H groups in total. The maximum absolute atomic E-state index is 13.6. The Hall–Kier alpha value is -1.67. The number of aliphatic hydroxyl groups is 1. The minimum Gasteiger partial charge on any atom is -0.388 e. The summed E-state index contributed by atoms with van der Waals surface area (Å²) in [7, 11) is 0. The molecule has 0 bridgehead atoms. The molecule has 1 atom stereocenters. The van der Waals surface area contributed by atoms with E-state index in [1.807, 2.05) is 12.1 Å². The fourth-order valence-electron chi connectivity index (χ4n) is 2.75. The lowest BCUT2D eigenvalue weighted by Gasteiger charge is -2.26. The van der Waals surface area contributed by atoms with Crippen LogP contribution >= 0.6 is 0 Å². The van der Waals surface area contributed by atoms with Crippen molar-refractivity contribution < 1.29 is 9.50 Å². The van der Waals surface area contributed by atoms with Gasteiger partial charge in [-0.25, -0.2) is 4.39 Å². The first-order chi connectivity index (χ1) is 9.74. The Morgan fingerprint density at radius 3 is 2.60 bits per heavy atom. The predicted molar refractivity (Wildman–Crippen MR) is 78.1 cm³/mol. The molecule has 1 fully saturated rings. The van der Waals surface area contributed by atoms with Gasteiger partial charge in [-0.1, -0.05) is 48.9 Å². The van der Waals surface area contributed by atoms with Gasteiger partial charge in [-0.3, -0.25) is 0 Å². The van der Waals surface area contributed by atoms with E-state index in [4.69, 9.17) is 0 Å². The lowest BCUT2D eigenvalue weighted by Crippen LogP contribution is -2.10. The first-order valence-corrected chi connectivity index (χ1v) is 7.25. The van der Waals surface area contributed by atoms with Gasteiger partial charge in [0.2, 0.25) is 0 Å². The van der Waals surface area contributed by atoms with Crippen molar-refractivity contribution in [1.82, 2.24) is 0 Å². The standard InChI is InChI=1S/C18H19FO/c19-17-10-2-1-5-15(17)12-18(20)16-9-4-8-14(11-16)13-6-3-7-13/h1-2,4-5,8-11,13,18,20H,3,6-7,12H2. The Morgan fingerprint density at radius 1 is 1.10 bits per heavy atom. The molecule has 0 saturated heterocycles. The zero-order chi connectivity index (χ0) is 13.9. The van der Waals surface area contributed by atoms with E-state index in [0.717, 1.165) is 5.56 Å². The van der Waals surface area contributed by atoms with Crippen molar-refractivity contribution in [3.63, 3.8) is 0 Å². The van der Waals surface area contributed by atoms with E-state index in [-0.39, 0.29) is 5.82 Å². The summed E-state index contributed by atoms with van der Waals surface area (Å²) in [5.74, 6) is 0.400. The Morgan fingerprint density at radius 2 is 1.90 bits per heavy atom. The SMILES string of the molecule is OC(Cc1ccccc1F)c1cccc(C2CCC2)c1. The van der Waals surface area contributed by atoms with Gasteiger partial charge in [-0.15, -0.1) is 0 Å². The van der Waals surface area contributed by atoms with Crippen LogP contribution in [0.5, 0.6) is 0 Å². The Bertz CT molecular complexity index is 589. The second kappa shape index (κ2) is 5.76. The molecule has 3 rings (SSSR count). The molecule has 1 saturated carbocycles. The first-order valence-electron chi connectivity index (χ1n) is 7.25. The first kappa shape index (κ1) is 13.3. The minimum absolute atomic E-state index is 0.248. The molecule has 104 valence electrons. The highest BCUT2D eigenvalue weighted by Gasteiger charge is 2.20. The summed E-state index contributed by atoms with van der Waals surface area (Å²) in [6.07, 6.45) is 3.46. The molecule has 0 radical (unpaired) electrons. The van der Waals surface area contributed by atoms with Crippen LogP contribution in [0.1, 0.15) is 48.0 Å². The van der Waals surface area contributed by atoms with Crippen LogP contribution in [0.15, 0.2) is 48.5 Å². The van der Waals surface area contributed by atoms with Gasteiger partial charge in [0.1, 0.15) is 5.82 Å². The molecule has 2 aromatic rings. The monoisotopic (exact) mass is 270 g/mol. The van der Waals surface area contributed by atoms with Crippen LogP contribution < -0.4 is 0 Å². The molecule has 2 aromatic carbocycles. The molecular formula is C18H19FO. The van der Waals surface area contributed by atoms with E-state index >= 15 is 0 Å². The molecule has 20 heavy (non-hydrogen) atoms. The molecule has 0 spiro atoms. The highest BCUT2D eigenvalue weighted by molar-refractivity contribution is 5.30. The second-order valence-corrected chi connectivity index (χ2v) is 5.61. The van der Waals surface area contributed by atoms with Gasteiger partial charge in [0.05, 0.1) is 6.10 Å². The average Bonchev–Trinajstić information content (AvgIpc) is 2.40. The van der Waals surface area contributed by atoms with Crippen LogP contribution in [0.3, 0.4) is 0 Å². The van der Waals surface area contributed by atoms with Gasteiger partial charge < -0.3 is 5.11 Å². The third-order valence-corrected chi connectivity index (χ3v) is 4.24. The molecule has 1 aliphatic carbocycles. The predicted octanol–water partition coefficient (Wildman–Crippen LogP) is 4.37. The zero-order valence-electron chi connectivity index (χ0n) is 11.4. The maximum atomic E-state index is 13.6. The Labute approximate surface area is 119 Å². The molecule has 0 amide bonds. The van der Waals surface area contributed by atoms with Crippen LogP contribution in [0.25, 0.3) is 0 Å². The quantitative estimate of drug-likeness (QED) is 0.874. The number of aliphatic hydroxyl groups excluding tert-OH is 1. The maximum Gasteiger partial charge on any atom is 0.126 e. The van der Waals surface area contributed by atoms with Gasteiger partial charge in [0, 0.05) is 6.42 Å². The van der Waals surface area contributed by atoms with Crippen LogP contribution in [0.2, 0.25) is 0 Å². The highest BCUT2D eigenvalue weighted by atomic mass is 19.1. The second-order valence-electron chi connectivity index (χ2n) is 5.61. The lowest BCUT2D eigenvalue weighted by atomic mass is 9.79. The van der Waals surface area contributed by atoms with Crippen molar-refractivity contribution in [1.29, 1.82) is 0 Å². The smallest absolute Gasteiger partial charge is 0.126 e. The van der Waals surface area contributed by atoms with Gasteiger partial charge in [-0.05, 0) is 41.5 Å². The van der Waals surface area contributed by atoms with Gasteiger partial charge >= 0.3 is 0 Å². The van der Waals surface area contributed by atoms with Gasteiger partial charge in [0.15, 0.2) is 0 Å². The van der Waals surface area contributed by atoms with Crippen molar-refractivity contribution in [2.45, 2.75) is 37.7 Å². The van der Waals surface area contributed by atoms with Crippen LogP contribution in [0, 0.1) is 5.82 Å².